The van der Waals surface area contributed by atoms with Gasteiger partial charge in [-0.05, 0) is 18.2 Å². The summed E-state index contributed by atoms with van der Waals surface area (Å²) in [5.74, 6) is 0.0281. The third kappa shape index (κ3) is 2.51. The van der Waals surface area contributed by atoms with Crippen molar-refractivity contribution in [3.8, 4) is 5.69 Å². The van der Waals surface area contributed by atoms with Crippen molar-refractivity contribution in [2.45, 2.75) is 12.1 Å². The van der Waals surface area contributed by atoms with E-state index in [2.05, 4.69) is 26.2 Å². The number of aromatic nitrogens is 3. The first-order valence-corrected chi connectivity index (χ1v) is 6.09. The van der Waals surface area contributed by atoms with Crippen LogP contribution in [-0.2, 0) is 12.1 Å². The van der Waals surface area contributed by atoms with Gasteiger partial charge in [0, 0.05) is 4.47 Å². The van der Waals surface area contributed by atoms with Crippen LogP contribution >= 0.6 is 27.5 Å². The molecule has 1 aromatic carbocycles. The molecule has 0 spiro atoms. The van der Waals surface area contributed by atoms with Crippen LogP contribution in [0.5, 0.6) is 0 Å². The molecule has 3 nitrogen and oxygen atoms in total. The summed E-state index contributed by atoms with van der Waals surface area (Å²) >= 11 is 8.65. The Labute approximate surface area is 114 Å². The molecule has 0 aliphatic rings. The molecule has 0 fully saturated rings. The number of rotatable bonds is 2. The van der Waals surface area contributed by atoms with E-state index in [1.165, 1.54) is 18.3 Å². The van der Waals surface area contributed by atoms with Gasteiger partial charge in [-0.25, -0.2) is 4.68 Å². The van der Waals surface area contributed by atoms with Crippen molar-refractivity contribution < 1.29 is 13.2 Å². The van der Waals surface area contributed by atoms with E-state index in [-0.39, 0.29) is 11.6 Å². The average Bonchev–Trinajstić information content (AvgIpc) is 2.75. The van der Waals surface area contributed by atoms with Crippen LogP contribution in [0.15, 0.2) is 28.9 Å². The van der Waals surface area contributed by atoms with Gasteiger partial charge in [0.15, 0.2) is 0 Å². The molecular weight excluding hydrogens is 334 g/mol. The second kappa shape index (κ2) is 4.89. The summed E-state index contributed by atoms with van der Waals surface area (Å²) in [6, 6.07) is 3.82. The number of nitrogens with zero attached hydrogens (tertiary/aromatic N) is 3. The molecule has 0 N–H and O–H groups in total. The Morgan fingerprint density at radius 2 is 2.06 bits per heavy atom. The van der Waals surface area contributed by atoms with E-state index in [0.29, 0.717) is 10.2 Å². The van der Waals surface area contributed by atoms with Gasteiger partial charge in [0.25, 0.3) is 0 Å². The Bertz CT molecular complexity index is 568. The minimum absolute atomic E-state index is 0.0281. The van der Waals surface area contributed by atoms with Gasteiger partial charge in [0.1, 0.15) is 0 Å². The van der Waals surface area contributed by atoms with Crippen LogP contribution in [0, 0.1) is 0 Å². The summed E-state index contributed by atoms with van der Waals surface area (Å²) in [6.07, 6.45) is -3.15. The number of hydrogen-bond donors (Lipinski definition) is 0. The van der Waals surface area contributed by atoms with Crippen molar-refractivity contribution in [3.63, 3.8) is 0 Å². The van der Waals surface area contributed by atoms with E-state index in [4.69, 9.17) is 11.6 Å². The van der Waals surface area contributed by atoms with E-state index < -0.39 is 11.7 Å². The van der Waals surface area contributed by atoms with Crippen molar-refractivity contribution in [1.82, 2.24) is 15.0 Å². The molecular formula is C10H6BrClF3N3. The van der Waals surface area contributed by atoms with E-state index >= 15 is 0 Å². The lowest BCUT2D eigenvalue weighted by Gasteiger charge is -2.14. The smallest absolute Gasteiger partial charge is 0.216 e. The Hall–Kier alpha value is -1.08. The highest BCUT2D eigenvalue weighted by molar-refractivity contribution is 9.10. The van der Waals surface area contributed by atoms with Crippen molar-refractivity contribution in [3.05, 3.63) is 40.1 Å². The minimum atomic E-state index is -4.48. The van der Waals surface area contributed by atoms with Crippen molar-refractivity contribution in [1.29, 1.82) is 0 Å². The fourth-order valence-corrected chi connectivity index (χ4v) is 2.01. The normalized spacial score (nSPS) is 11.8. The van der Waals surface area contributed by atoms with Crippen LogP contribution in [-0.4, -0.2) is 15.0 Å². The molecule has 1 aromatic heterocycles. The monoisotopic (exact) mass is 339 g/mol. The predicted molar refractivity (Wildman–Crippen MR) is 63.6 cm³/mol. The highest BCUT2D eigenvalue weighted by Crippen LogP contribution is 2.35. The molecule has 0 radical (unpaired) electrons. The van der Waals surface area contributed by atoms with Gasteiger partial charge < -0.3 is 0 Å². The fraction of sp³-hybridized carbons (Fsp3) is 0.200. The number of alkyl halides is 4. The van der Waals surface area contributed by atoms with Crippen LogP contribution < -0.4 is 0 Å². The molecule has 18 heavy (non-hydrogen) atoms. The molecule has 0 unspecified atom stereocenters. The van der Waals surface area contributed by atoms with Crippen molar-refractivity contribution >= 4 is 27.5 Å². The topological polar surface area (TPSA) is 30.7 Å². The maximum absolute atomic E-state index is 12.9. The Kier molecular flexibility index (Phi) is 3.63. The summed E-state index contributed by atoms with van der Waals surface area (Å²) < 4.78 is 40.2. The molecule has 0 saturated heterocycles. The molecule has 0 aliphatic carbocycles. The Balaban J connectivity index is 2.65. The SMILES string of the molecule is FC(F)(F)c1cc(Br)ccc1-n1nncc1CCl. The second-order valence-corrected chi connectivity index (χ2v) is 4.61. The maximum Gasteiger partial charge on any atom is 0.418 e. The van der Waals surface area contributed by atoms with Crippen LogP contribution in [0.2, 0.25) is 0 Å². The number of halogens is 5. The van der Waals surface area contributed by atoms with Gasteiger partial charge >= 0.3 is 6.18 Å². The average molecular weight is 341 g/mol. The molecule has 96 valence electrons. The summed E-state index contributed by atoms with van der Waals surface area (Å²) in [4.78, 5) is 0. The van der Waals surface area contributed by atoms with Gasteiger partial charge in [-0.15, -0.1) is 16.7 Å². The number of hydrogen-bond acceptors (Lipinski definition) is 2. The van der Waals surface area contributed by atoms with Gasteiger partial charge in [-0.3, -0.25) is 0 Å². The lowest BCUT2D eigenvalue weighted by atomic mass is 10.1. The van der Waals surface area contributed by atoms with Crippen LogP contribution in [0.25, 0.3) is 5.69 Å². The van der Waals surface area contributed by atoms with E-state index in [1.54, 1.807) is 0 Å². The molecule has 0 atom stereocenters. The summed E-state index contributed by atoms with van der Waals surface area (Å²) in [6.45, 7) is 0. The summed E-state index contributed by atoms with van der Waals surface area (Å²) in [7, 11) is 0. The van der Waals surface area contributed by atoms with Crippen LogP contribution in [0.1, 0.15) is 11.3 Å². The zero-order valence-electron chi connectivity index (χ0n) is 8.75. The van der Waals surface area contributed by atoms with Crippen molar-refractivity contribution in [2.75, 3.05) is 0 Å². The molecule has 0 saturated carbocycles. The fourth-order valence-electron chi connectivity index (χ4n) is 1.47. The Morgan fingerprint density at radius 3 is 2.67 bits per heavy atom. The molecule has 1 heterocycles. The zero-order valence-corrected chi connectivity index (χ0v) is 11.1. The van der Waals surface area contributed by atoms with Crippen LogP contribution in [0.4, 0.5) is 13.2 Å². The minimum Gasteiger partial charge on any atom is -0.216 e. The summed E-state index contributed by atoms with van der Waals surface area (Å²) in [5, 5.41) is 7.19. The molecule has 0 aliphatic heterocycles. The Morgan fingerprint density at radius 1 is 1.33 bits per heavy atom. The lowest BCUT2D eigenvalue weighted by molar-refractivity contribution is -0.137. The standard InChI is InChI=1S/C10H6BrClF3N3/c11-6-1-2-9(8(3-6)10(13,14)15)18-7(4-12)5-16-17-18/h1-3,5H,4H2. The highest BCUT2D eigenvalue weighted by atomic mass is 79.9. The molecule has 0 bridgehead atoms. The van der Waals surface area contributed by atoms with Crippen LogP contribution in [0.3, 0.4) is 0 Å². The first-order chi connectivity index (χ1) is 8.43. The highest BCUT2D eigenvalue weighted by Gasteiger charge is 2.34. The number of benzene rings is 1. The molecule has 0 amide bonds. The molecule has 2 rings (SSSR count). The first-order valence-electron chi connectivity index (χ1n) is 4.76. The molecule has 2 aromatic rings. The van der Waals surface area contributed by atoms with Crippen molar-refractivity contribution in [2.24, 2.45) is 0 Å². The zero-order chi connectivity index (χ0) is 13.3. The second-order valence-electron chi connectivity index (χ2n) is 3.43. The third-order valence-corrected chi connectivity index (χ3v) is 3.02. The molecule has 8 heteroatoms. The van der Waals surface area contributed by atoms with Gasteiger partial charge in [-0.1, -0.05) is 21.1 Å². The predicted octanol–water partition coefficient (Wildman–Crippen LogP) is 3.79. The van der Waals surface area contributed by atoms with Gasteiger partial charge in [0.05, 0.1) is 29.0 Å². The van der Waals surface area contributed by atoms with E-state index in [1.807, 2.05) is 0 Å². The maximum atomic E-state index is 12.9. The quantitative estimate of drug-likeness (QED) is 0.779. The third-order valence-electron chi connectivity index (χ3n) is 2.25. The van der Waals surface area contributed by atoms with Gasteiger partial charge in [0.2, 0.25) is 0 Å². The van der Waals surface area contributed by atoms with E-state index in [0.717, 1.165) is 10.7 Å². The van der Waals surface area contributed by atoms with Gasteiger partial charge in [-0.2, -0.15) is 13.2 Å². The lowest BCUT2D eigenvalue weighted by Crippen LogP contribution is -2.13. The summed E-state index contributed by atoms with van der Waals surface area (Å²) in [5.41, 5.74) is -0.503. The largest absolute Gasteiger partial charge is 0.418 e. The van der Waals surface area contributed by atoms with E-state index in [9.17, 15) is 13.2 Å². The first kappa shape index (κ1) is 13.4.